The molecule has 3 unspecified atom stereocenters. The van der Waals surface area contributed by atoms with Gasteiger partial charge in [0.05, 0.1) is 5.02 Å². The van der Waals surface area contributed by atoms with Gasteiger partial charge in [0.25, 0.3) is 0 Å². The van der Waals surface area contributed by atoms with Crippen LogP contribution in [0.1, 0.15) is 33.1 Å². The summed E-state index contributed by atoms with van der Waals surface area (Å²) in [5, 5.41) is -0.291. The van der Waals surface area contributed by atoms with Crippen molar-refractivity contribution < 1.29 is 12.8 Å². The van der Waals surface area contributed by atoms with Crippen LogP contribution in [-0.4, -0.2) is 14.5 Å². The van der Waals surface area contributed by atoms with Gasteiger partial charge in [-0.15, -0.1) is 0 Å². The normalized spacial score (nSPS) is 26.8. The highest BCUT2D eigenvalue weighted by Crippen LogP contribution is 2.31. The van der Waals surface area contributed by atoms with Crippen LogP contribution >= 0.6 is 11.6 Å². The second kappa shape index (κ2) is 6.10. The van der Waals surface area contributed by atoms with Crippen molar-refractivity contribution in [1.82, 2.24) is 4.72 Å². The van der Waals surface area contributed by atoms with Gasteiger partial charge in [0, 0.05) is 11.7 Å². The first-order chi connectivity index (χ1) is 9.72. The molecule has 21 heavy (non-hydrogen) atoms. The van der Waals surface area contributed by atoms with Crippen molar-refractivity contribution in [3.05, 3.63) is 23.0 Å². The van der Waals surface area contributed by atoms with E-state index in [4.69, 9.17) is 17.3 Å². The van der Waals surface area contributed by atoms with E-state index in [1.807, 2.05) is 6.92 Å². The summed E-state index contributed by atoms with van der Waals surface area (Å²) in [6.07, 6.45) is 2.79. The minimum atomic E-state index is -3.98. The Bertz CT molecular complexity index is 636. The topological polar surface area (TPSA) is 72.2 Å². The predicted molar refractivity (Wildman–Crippen MR) is 82.1 cm³/mol. The number of halogens is 2. The third-order valence-electron chi connectivity index (χ3n) is 4.32. The number of nitrogens with two attached hydrogens (primary N) is 1. The molecule has 0 spiro atoms. The highest BCUT2D eigenvalue weighted by atomic mass is 35.5. The molecule has 7 heteroatoms. The van der Waals surface area contributed by atoms with Crippen molar-refractivity contribution in [3.8, 4) is 0 Å². The average molecular weight is 335 g/mol. The summed E-state index contributed by atoms with van der Waals surface area (Å²) in [6, 6.07) is 2.10. The van der Waals surface area contributed by atoms with E-state index in [1.54, 1.807) is 0 Å². The van der Waals surface area contributed by atoms with Crippen LogP contribution in [0.3, 0.4) is 0 Å². The van der Waals surface area contributed by atoms with Crippen LogP contribution in [0.4, 0.5) is 10.1 Å². The highest BCUT2D eigenvalue weighted by molar-refractivity contribution is 7.89. The van der Waals surface area contributed by atoms with Gasteiger partial charge in [-0.3, -0.25) is 0 Å². The molecule has 1 saturated carbocycles. The van der Waals surface area contributed by atoms with Gasteiger partial charge in [-0.1, -0.05) is 38.3 Å². The lowest BCUT2D eigenvalue weighted by Gasteiger charge is -2.34. The zero-order valence-corrected chi connectivity index (χ0v) is 13.6. The Morgan fingerprint density at radius 3 is 2.67 bits per heavy atom. The van der Waals surface area contributed by atoms with Gasteiger partial charge >= 0.3 is 0 Å². The molecule has 0 saturated heterocycles. The number of nitrogens with one attached hydrogen (secondary N) is 1. The fraction of sp³-hybridized carbons (Fsp3) is 0.571. The van der Waals surface area contributed by atoms with Gasteiger partial charge in [-0.2, -0.15) is 0 Å². The molecule has 0 heterocycles. The van der Waals surface area contributed by atoms with Crippen molar-refractivity contribution in [2.45, 2.75) is 44.0 Å². The Morgan fingerprint density at radius 2 is 2.00 bits per heavy atom. The van der Waals surface area contributed by atoms with Crippen molar-refractivity contribution in [3.63, 3.8) is 0 Å². The molecule has 0 amide bonds. The monoisotopic (exact) mass is 334 g/mol. The van der Waals surface area contributed by atoms with E-state index in [-0.39, 0.29) is 22.7 Å². The summed E-state index contributed by atoms with van der Waals surface area (Å²) in [5.74, 6) is -0.330. The van der Waals surface area contributed by atoms with E-state index in [2.05, 4.69) is 11.6 Å². The quantitative estimate of drug-likeness (QED) is 0.834. The molecule has 0 radical (unpaired) electrons. The molecule has 1 fully saturated rings. The molecular weight excluding hydrogens is 315 g/mol. The molecule has 0 bridgehead atoms. The molecule has 4 nitrogen and oxygen atoms in total. The lowest BCUT2D eigenvalue weighted by molar-refractivity contribution is 0.227. The van der Waals surface area contributed by atoms with Crippen LogP contribution in [0, 0.1) is 17.7 Å². The van der Waals surface area contributed by atoms with Crippen LogP contribution in [0.15, 0.2) is 17.0 Å². The Balaban J connectivity index is 2.31. The first-order valence-electron chi connectivity index (χ1n) is 6.99. The van der Waals surface area contributed by atoms with E-state index < -0.39 is 20.7 Å². The number of sulfonamides is 1. The fourth-order valence-corrected chi connectivity index (χ4v) is 4.57. The largest absolute Gasteiger partial charge is 0.399 e. The molecule has 1 aromatic carbocycles. The van der Waals surface area contributed by atoms with Crippen molar-refractivity contribution >= 4 is 27.3 Å². The second-order valence-corrected chi connectivity index (χ2v) is 7.90. The third kappa shape index (κ3) is 3.49. The molecule has 1 aromatic rings. The van der Waals surface area contributed by atoms with Gasteiger partial charge in [-0.05, 0) is 30.4 Å². The number of hydrogen-bond donors (Lipinski definition) is 2. The zero-order valence-electron chi connectivity index (χ0n) is 12.1. The van der Waals surface area contributed by atoms with Gasteiger partial charge in [0.2, 0.25) is 10.0 Å². The van der Waals surface area contributed by atoms with Crippen LogP contribution in [0.25, 0.3) is 0 Å². The predicted octanol–water partition coefficient (Wildman–Crippen LogP) is 3.16. The Labute approximate surface area is 129 Å². The number of nitrogen functional groups attached to an aromatic ring is 1. The van der Waals surface area contributed by atoms with Gasteiger partial charge in [0.1, 0.15) is 4.90 Å². The number of anilines is 1. The Kier molecular flexibility index (Phi) is 4.80. The second-order valence-electron chi connectivity index (χ2n) is 5.81. The van der Waals surface area contributed by atoms with E-state index in [1.165, 1.54) is 6.07 Å². The van der Waals surface area contributed by atoms with E-state index in [0.29, 0.717) is 5.92 Å². The maximum Gasteiger partial charge on any atom is 0.243 e. The SMILES string of the molecule is CC1CCCC(NS(=O)(=O)c2cc(N)cc(Cl)c2F)C1C. The van der Waals surface area contributed by atoms with Gasteiger partial charge in [0.15, 0.2) is 5.82 Å². The van der Waals surface area contributed by atoms with E-state index >= 15 is 0 Å². The van der Waals surface area contributed by atoms with Crippen LogP contribution in [0.2, 0.25) is 5.02 Å². The maximum absolute atomic E-state index is 14.0. The summed E-state index contributed by atoms with van der Waals surface area (Å²) >= 11 is 5.67. The summed E-state index contributed by atoms with van der Waals surface area (Å²) in [7, 11) is -3.98. The Hall–Kier alpha value is -0.850. The van der Waals surface area contributed by atoms with Crippen molar-refractivity contribution in [1.29, 1.82) is 0 Å². The fourth-order valence-electron chi connectivity index (χ4n) is 2.79. The van der Waals surface area contributed by atoms with Crippen LogP contribution in [0.5, 0.6) is 0 Å². The van der Waals surface area contributed by atoms with E-state index in [0.717, 1.165) is 25.3 Å². The van der Waals surface area contributed by atoms with Gasteiger partial charge in [-0.25, -0.2) is 17.5 Å². The Morgan fingerprint density at radius 1 is 1.33 bits per heavy atom. The van der Waals surface area contributed by atoms with Crippen LogP contribution in [-0.2, 0) is 10.0 Å². The highest BCUT2D eigenvalue weighted by Gasteiger charge is 2.32. The summed E-state index contributed by atoms with van der Waals surface area (Å²) in [5.41, 5.74) is 5.68. The maximum atomic E-state index is 14.0. The average Bonchev–Trinajstić information content (AvgIpc) is 2.39. The molecule has 3 N–H and O–H groups in total. The molecule has 0 aliphatic heterocycles. The number of benzene rings is 1. The first-order valence-corrected chi connectivity index (χ1v) is 8.85. The first kappa shape index (κ1) is 16.5. The lowest BCUT2D eigenvalue weighted by Crippen LogP contribution is -2.43. The standard InChI is InChI=1S/C14H20ClFN2O2S/c1-8-4-3-5-12(9(8)2)18-21(19,20)13-7-10(17)6-11(15)14(13)16/h6-9,12,18H,3-5,17H2,1-2H3. The minimum absolute atomic E-state index is 0.117. The lowest BCUT2D eigenvalue weighted by atomic mass is 9.78. The molecule has 1 aliphatic carbocycles. The van der Waals surface area contributed by atoms with E-state index in [9.17, 15) is 12.8 Å². The van der Waals surface area contributed by atoms with Crippen molar-refractivity contribution in [2.24, 2.45) is 11.8 Å². The molecular formula is C14H20ClFN2O2S. The molecule has 3 atom stereocenters. The summed E-state index contributed by atoms with van der Waals surface area (Å²) in [4.78, 5) is -0.488. The zero-order chi connectivity index (χ0) is 15.8. The number of hydrogen-bond acceptors (Lipinski definition) is 3. The van der Waals surface area contributed by atoms with Gasteiger partial charge < -0.3 is 5.73 Å². The molecule has 118 valence electrons. The molecule has 1 aliphatic rings. The summed E-state index contributed by atoms with van der Waals surface area (Å²) < 4.78 is 41.4. The smallest absolute Gasteiger partial charge is 0.243 e. The minimum Gasteiger partial charge on any atom is -0.399 e. The third-order valence-corrected chi connectivity index (χ3v) is 6.08. The van der Waals surface area contributed by atoms with Crippen molar-refractivity contribution in [2.75, 3.05) is 5.73 Å². The molecule has 2 rings (SSSR count). The van der Waals surface area contributed by atoms with Crippen LogP contribution < -0.4 is 10.5 Å². The number of rotatable bonds is 3. The summed E-state index contributed by atoms with van der Waals surface area (Å²) in [6.45, 7) is 4.11. The molecule has 0 aromatic heterocycles.